The lowest BCUT2D eigenvalue weighted by molar-refractivity contribution is -0.119. The smallest absolute Gasteiger partial charge is 0.231 e. The fourth-order valence-corrected chi connectivity index (χ4v) is 3.95. The van der Waals surface area contributed by atoms with Gasteiger partial charge in [0.05, 0.1) is 17.7 Å². The molecule has 1 aromatic rings. The van der Waals surface area contributed by atoms with Gasteiger partial charge < -0.3 is 15.8 Å². The van der Waals surface area contributed by atoms with Crippen LogP contribution < -0.4 is 15.8 Å². The Morgan fingerprint density at radius 3 is 2.92 bits per heavy atom. The van der Waals surface area contributed by atoms with Crippen LogP contribution in [0.25, 0.3) is 0 Å². The van der Waals surface area contributed by atoms with Crippen molar-refractivity contribution in [2.24, 2.45) is 5.73 Å². The third-order valence-electron chi connectivity index (χ3n) is 5.22. The van der Waals surface area contributed by atoms with Crippen molar-refractivity contribution in [1.29, 1.82) is 0 Å². The van der Waals surface area contributed by atoms with Crippen LogP contribution in [0.15, 0.2) is 18.2 Å². The van der Waals surface area contributed by atoms with Crippen LogP contribution in [0, 0.1) is 6.92 Å². The molecule has 2 heterocycles. The average molecular weight is 335 g/mol. The third-order valence-corrected chi connectivity index (χ3v) is 5.22. The highest BCUT2D eigenvalue weighted by Crippen LogP contribution is 2.33. The van der Waals surface area contributed by atoms with Gasteiger partial charge in [0.15, 0.2) is 0 Å². The van der Waals surface area contributed by atoms with Gasteiger partial charge in [-0.1, -0.05) is 12.1 Å². The van der Waals surface area contributed by atoms with E-state index < -0.39 is 7.04 Å². The number of methoxy groups -OCH3 is 1. The second-order valence-electron chi connectivity index (χ2n) is 6.64. The Morgan fingerprint density at radius 1 is 1.42 bits per heavy atom. The summed E-state index contributed by atoms with van der Waals surface area (Å²) in [7, 11) is -2.46. The first-order valence-corrected chi connectivity index (χ1v) is 8.51. The molecule has 3 N–H and O–H groups in total. The Morgan fingerprint density at radius 2 is 2.21 bits per heavy atom. The first-order chi connectivity index (χ1) is 12.7. The van der Waals surface area contributed by atoms with E-state index in [1.54, 1.807) is 6.07 Å². The molecule has 2 saturated heterocycles. The molecule has 6 nitrogen and oxygen atoms in total. The van der Waals surface area contributed by atoms with Crippen molar-refractivity contribution >= 4 is 5.91 Å². The van der Waals surface area contributed by atoms with Crippen molar-refractivity contribution in [3.8, 4) is 5.75 Å². The molecule has 2 aliphatic heterocycles. The van der Waals surface area contributed by atoms with Gasteiger partial charge in [-0.2, -0.15) is 0 Å². The zero-order valence-electron chi connectivity index (χ0n) is 17.1. The number of rotatable bonds is 5. The zero-order valence-corrected chi connectivity index (χ0v) is 14.1. The number of carbonyl (C=O) groups is 1. The lowest BCUT2D eigenvalue weighted by atomic mass is 9.94. The Hall–Kier alpha value is -1.63. The minimum Gasteiger partial charge on any atom is -0.496 e. The van der Waals surface area contributed by atoms with E-state index in [0.717, 1.165) is 50.3 Å². The monoisotopic (exact) mass is 335 g/mol. The maximum atomic E-state index is 11.1. The largest absolute Gasteiger partial charge is 0.496 e. The minimum atomic E-state index is -2.46. The van der Waals surface area contributed by atoms with Crippen LogP contribution in [0.3, 0.4) is 0 Å². The topological polar surface area (TPSA) is 70.8 Å². The summed E-state index contributed by atoms with van der Waals surface area (Å²) in [5, 5.41) is 3.57. The quantitative estimate of drug-likeness (QED) is 0.820. The molecule has 1 aromatic carbocycles. The van der Waals surface area contributed by atoms with Crippen LogP contribution in [-0.4, -0.2) is 68.1 Å². The molecular formula is C18H28N4O2. The van der Waals surface area contributed by atoms with Gasteiger partial charge in [-0.05, 0) is 37.1 Å². The SMILES string of the molecule is [2H]C([2H])([2H])Oc1cccc([C@H]2NCC[C@H]2N2CCN(CC(N)=O)CC2)c1C. The first kappa shape index (κ1) is 13.6. The molecule has 6 heteroatoms. The molecule has 0 saturated carbocycles. The van der Waals surface area contributed by atoms with Crippen LogP contribution >= 0.6 is 0 Å². The van der Waals surface area contributed by atoms with E-state index in [0.29, 0.717) is 18.3 Å². The van der Waals surface area contributed by atoms with Gasteiger partial charge in [-0.15, -0.1) is 0 Å². The normalized spacial score (nSPS) is 28.1. The highest BCUT2D eigenvalue weighted by molar-refractivity contribution is 5.75. The second kappa shape index (κ2) is 7.51. The van der Waals surface area contributed by atoms with Crippen LogP contribution in [0.4, 0.5) is 0 Å². The molecule has 0 radical (unpaired) electrons. The molecule has 2 aliphatic rings. The van der Waals surface area contributed by atoms with E-state index in [-0.39, 0.29) is 11.9 Å². The molecular weight excluding hydrogens is 304 g/mol. The predicted octanol–water partition coefficient (Wildman–Crippen LogP) is 0.510. The van der Waals surface area contributed by atoms with E-state index in [9.17, 15) is 4.79 Å². The van der Waals surface area contributed by atoms with Gasteiger partial charge in [0, 0.05) is 38.3 Å². The van der Waals surface area contributed by atoms with Gasteiger partial charge in [0.2, 0.25) is 5.91 Å². The number of primary amides is 1. The highest BCUT2D eigenvalue weighted by Gasteiger charge is 2.35. The van der Waals surface area contributed by atoms with E-state index in [4.69, 9.17) is 14.6 Å². The van der Waals surface area contributed by atoms with Gasteiger partial charge in [0.1, 0.15) is 5.75 Å². The number of piperazine rings is 1. The molecule has 2 atom stereocenters. The summed E-state index contributed by atoms with van der Waals surface area (Å²) in [5.74, 6) is 0.122. The summed E-state index contributed by atoms with van der Waals surface area (Å²) in [6.45, 7) is 6.58. The van der Waals surface area contributed by atoms with Gasteiger partial charge in [-0.3, -0.25) is 14.6 Å². The second-order valence-corrected chi connectivity index (χ2v) is 6.64. The van der Waals surface area contributed by atoms with Gasteiger partial charge in [0.25, 0.3) is 0 Å². The number of hydrogen-bond acceptors (Lipinski definition) is 5. The average Bonchev–Trinajstić information content (AvgIpc) is 3.05. The van der Waals surface area contributed by atoms with Crippen molar-refractivity contribution in [2.45, 2.75) is 25.4 Å². The summed E-state index contributed by atoms with van der Waals surface area (Å²) in [6, 6.07) is 6.07. The fourth-order valence-electron chi connectivity index (χ4n) is 3.95. The zero-order chi connectivity index (χ0) is 19.6. The molecule has 2 fully saturated rings. The molecule has 0 spiro atoms. The minimum absolute atomic E-state index is 0.132. The van der Waals surface area contributed by atoms with Crippen molar-refractivity contribution in [3.05, 3.63) is 29.3 Å². The van der Waals surface area contributed by atoms with Crippen molar-refractivity contribution in [1.82, 2.24) is 15.1 Å². The number of carbonyl (C=O) groups excluding carboxylic acids is 1. The van der Waals surface area contributed by atoms with Gasteiger partial charge >= 0.3 is 0 Å². The number of amides is 1. The van der Waals surface area contributed by atoms with Crippen molar-refractivity contribution in [3.63, 3.8) is 0 Å². The maximum Gasteiger partial charge on any atom is 0.231 e. The number of nitrogens with zero attached hydrogens (tertiary/aromatic N) is 2. The Kier molecular flexibility index (Phi) is 4.27. The lowest BCUT2D eigenvalue weighted by Crippen LogP contribution is -2.53. The molecule has 132 valence electrons. The fraction of sp³-hybridized carbons (Fsp3) is 0.611. The van der Waals surface area contributed by atoms with E-state index in [1.807, 2.05) is 19.1 Å². The Bertz CT molecular complexity index is 675. The molecule has 0 aliphatic carbocycles. The van der Waals surface area contributed by atoms with Crippen LogP contribution in [0.2, 0.25) is 0 Å². The Labute approximate surface area is 148 Å². The van der Waals surface area contributed by atoms with Crippen LogP contribution in [-0.2, 0) is 4.79 Å². The summed E-state index contributed by atoms with van der Waals surface area (Å²) in [4.78, 5) is 15.7. The molecule has 1 amide bonds. The first-order valence-electron chi connectivity index (χ1n) is 10.0. The number of hydrogen-bond donors (Lipinski definition) is 2. The number of benzene rings is 1. The van der Waals surface area contributed by atoms with Crippen molar-refractivity contribution < 1.29 is 13.6 Å². The molecule has 3 rings (SSSR count). The van der Waals surface area contributed by atoms with Crippen LogP contribution in [0.5, 0.6) is 5.75 Å². The third kappa shape index (κ3) is 3.55. The van der Waals surface area contributed by atoms with Crippen molar-refractivity contribution in [2.75, 3.05) is 46.3 Å². The maximum absolute atomic E-state index is 11.1. The Balaban J connectivity index is 1.72. The number of nitrogens with one attached hydrogen (secondary N) is 1. The molecule has 24 heavy (non-hydrogen) atoms. The van der Waals surface area contributed by atoms with E-state index in [1.165, 1.54) is 0 Å². The van der Waals surface area contributed by atoms with Gasteiger partial charge in [-0.25, -0.2) is 0 Å². The number of ether oxygens (including phenoxy) is 1. The summed E-state index contributed by atoms with van der Waals surface area (Å²) < 4.78 is 27.3. The van der Waals surface area contributed by atoms with Crippen LogP contribution in [0.1, 0.15) is 27.7 Å². The molecule has 0 bridgehead atoms. The summed E-state index contributed by atoms with van der Waals surface area (Å²) in [6.07, 6.45) is 1.03. The van der Waals surface area contributed by atoms with E-state index >= 15 is 0 Å². The lowest BCUT2D eigenvalue weighted by Gasteiger charge is -2.39. The predicted molar refractivity (Wildman–Crippen MR) is 94.1 cm³/mol. The summed E-state index contributed by atoms with van der Waals surface area (Å²) >= 11 is 0. The molecule has 0 aromatic heterocycles. The standard InChI is InChI=1S/C18H28N4O2/c1-13-14(4-3-5-16(13)24-2)18-15(6-7-20-18)22-10-8-21(9-11-22)12-17(19)23/h3-5,15,18,20H,6-12H2,1-2H3,(H2,19,23)/t15-,18-/m1/s1/i2D3. The van der Waals surface area contributed by atoms with E-state index in [2.05, 4.69) is 15.1 Å². The number of nitrogens with two attached hydrogens (primary N) is 1. The molecule has 0 unspecified atom stereocenters. The highest BCUT2D eigenvalue weighted by atomic mass is 16.5. The summed E-state index contributed by atoms with van der Waals surface area (Å²) in [5.41, 5.74) is 7.24.